The Kier molecular flexibility index (Phi) is 2.74. The molecule has 1 aromatic rings. The van der Waals surface area contributed by atoms with E-state index in [-0.39, 0.29) is 12.3 Å². The Hall–Kier alpha value is -0.950. The van der Waals surface area contributed by atoms with Crippen LogP contribution in [0, 0.1) is 0 Å². The number of fused-ring (bicyclic) bond motifs is 1. The lowest BCUT2D eigenvalue weighted by atomic mass is 10.1. The van der Waals surface area contributed by atoms with Gasteiger partial charge >= 0.3 is 0 Å². The fraction of sp³-hybridized carbons (Fsp3) is 0.333. The van der Waals surface area contributed by atoms with Crippen molar-refractivity contribution in [1.82, 2.24) is 0 Å². The van der Waals surface area contributed by atoms with Gasteiger partial charge in [0.2, 0.25) is 0 Å². The maximum atomic E-state index is 9.64. The van der Waals surface area contributed by atoms with E-state index in [0.29, 0.717) is 16.1 Å². The minimum atomic E-state index is -0.794. The summed E-state index contributed by atoms with van der Waals surface area (Å²) >= 11 is 1.14. The van der Waals surface area contributed by atoms with Crippen LogP contribution in [-0.4, -0.2) is 27.4 Å². The molecule has 1 aliphatic rings. The van der Waals surface area contributed by atoms with Gasteiger partial charge in [-0.3, -0.25) is 0 Å². The minimum Gasteiger partial charge on any atom is -0.506 e. The molecule has 0 saturated heterocycles. The molecule has 0 aromatic heterocycles. The molecule has 15 heavy (non-hydrogen) atoms. The Balaban J connectivity index is 2.47. The Morgan fingerprint density at radius 3 is 2.93 bits per heavy atom. The van der Waals surface area contributed by atoms with Gasteiger partial charge in [-0.25, -0.2) is 0 Å². The molecule has 6 heteroatoms. The number of nitrogens with two attached hydrogens (primary N) is 1. The van der Waals surface area contributed by atoms with Crippen molar-refractivity contribution in [1.29, 1.82) is 0 Å². The number of aromatic hydroxyl groups is 1. The van der Waals surface area contributed by atoms with Gasteiger partial charge in [0.05, 0.1) is 11.8 Å². The summed E-state index contributed by atoms with van der Waals surface area (Å²) in [6.07, 6.45) is -0.779. The van der Waals surface area contributed by atoms with Gasteiger partial charge in [-0.05, 0) is 11.6 Å². The van der Waals surface area contributed by atoms with E-state index in [1.165, 1.54) is 6.07 Å². The Morgan fingerprint density at radius 2 is 2.27 bits per heavy atom. The average molecular weight is 228 g/mol. The molecule has 2 rings (SSSR count). The third kappa shape index (κ3) is 1.76. The molecule has 0 aliphatic carbocycles. The molecule has 0 radical (unpaired) electrons. The molecule has 1 aliphatic heterocycles. The number of aliphatic hydroxyl groups excluding tert-OH is 2. The number of hydrogen-bond donors (Lipinski definition) is 5. The van der Waals surface area contributed by atoms with Crippen LogP contribution in [0.4, 0.5) is 5.69 Å². The van der Waals surface area contributed by atoms with E-state index in [0.717, 1.165) is 11.8 Å². The van der Waals surface area contributed by atoms with Crippen molar-refractivity contribution >= 4 is 17.4 Å². The van der Waals surface area contributed by atoms with Crippen LogP contribution in [-0.2, 0) is 0 Å². The molecule has 2 unspecified atom stereocenters. The molecule has 2 atom stereocenters. The van der Waals surface area contributed by atoms with E-state index in [9.17, 15) is 15.3 Å². The SMILES string of the molecule is NCC(O)c1ccc(O)c2c1SC(O)N2. The van der Waals surface area contributed by atoms with Crippen molar-refractivity contribution < 1.29 is 15.3 Å². The highest BCUT2D eigenvalue weighted by Gasteiger charge is 2.27. The predicted octanol–water partition coefficient (Wildman–Crippen LogP) is 0.178. The zero-order valence-corrected chi connectivity index (χ0v) is 8.66. The van der Waals surface area contributed by atoms with Gasteiger partial charge in [0.15, 0.2) is 5.56 Å². The van der Waals surface area contributed by atoms with Crippen LogP contribution in [0.2, 0.25) is 0 Å². The zero-order valence-electron chi connectivity index (χ0n) is 7.84. The van der Waals surface area contributed by atoms with Crippen molar-refractivity contribution in [2.45, 2.75) is 16.6 Å². The van der Waals surface area contributed by atoms with E-state index in [1.54, 1.807) is 6.07 Å². The number of aliphatic hydroxyl groups is 2. The molecule has 1 aromatic carbocycles. The molecule has 0 spiro atoms. The molecular formula is C9H12N2O3S. The molecule has 82 valence electrons. The van der Waals surface area contributed by atoms with Gasteiger partial charge < -0.3 is 26.4 Å². The van der Waals surface area contributed by atoms with E-state index < -0.39 is 11.7 Å². The lowest BCUT2D eigenvalue weighted by Gasteiger charge is -2.12. The topological polar surface area (TPSA) is 98.7 Å². The van der Waals surface area contributed by atoms with Crippen LogP contribution in [0.1, 0.15) is 11.7 Å². The van der Waals surface area contributed by atoms with Crippen molar-refractivity contribution in [3.05, 3.63) is 17.7 Å². The van der Waals surface area contributed by atoms with Crippen LogP contribution in [0.5, 0.6) is 5.75 Å². The maximum Gasteiger partial charge on any atom is 0.178 e. The molecule has 1 heterocycles. The highest BCUT2D eigenvalue weighted by Crippen LogP contribution is 2.46. The number of anilines is 1. The average Bonchev–Trinajstić information content (AvgIpc) is 2.60. The van der Waals surface area contributed by atoms with Crippen molar-refractivity contribution in [3.63, 3.8) is 0 Å². The second-order valence-corrected chi connectivity index (χ2v) is 4.33. The molecule has 5 nitrogen and oxygen atoms in total. The highest BCUT2D eigenvalue weighted by atomic mass is 32.2. The third-order valence-corrected chi connectivity index (χ3v) is 3.26. The summed E-state index contributed by atoms with van der Waals surface area (Å²) in [7, 11) is 0. The van der Waals surface area contributed by atoms with E-state index >= 15 is 0 Å². The number of rotatable bonds is 2. The fourth-order valence-corrected chi connectivity index (χ4v) is 2.53. The number of phenols is 1. The molecule has 0 saturated carbocycles. The molecule has 6 N–H and O–H groups in total. The van der Waals surface area contributed by atoms with E-state index in [4.69, 9.17) is 5.73 Å². The Morgan fingerprint density at radius 1 is 1.53 bits per heavy atom. The van der Waals surface area contributed by atoms with Crippen molar-refractivity contribution in [2.75, 3.05) is 11.9 Å². The van der Waals surface area contributed by atoms with Gasteiger partial charge in [-0.15, -0.1) is 0 Å². The normalized spacial score (nSPS) is 20.9. The van der Waals surface area contributed by atoms with Crippen molar-refractivity contribution in [2.24, 2.45) is 5.73 Å². The van der Waals surface area contributed by atoms with E-state index in [2.05, 4.69) is 5.32 Å². The van der Waals surface area contributed by atoms with Crippen LogP contribution >= 0.6 is 11.8 Å². The maximum absolute atomic E-state index is 9.64. The van der Waals surface area contributed by atoms with Crippen LogP contribution in [0.25, 0.3) is 0 Å². The smallest absolute Gasteiger partial charge is 0.178 e. The summed E-state index contributed by atoms with van der Waals surface area (Å²) in [5.74, 6) is 0.0574. The van der Waals surface area contributed by atoms with Gasteiger partial charge in [0, 0.05) is 11.4 Å². The number of phenolic OH excluding ortho intramolecular Hbond substituents is 1. The standard InChI is InChI=1S/C9H12N2O3S/c10-3-6(13)4-1-2-5(12)7-8(4)15-9(14)11-7/h1-2,6,9,11-14H,3,10H2. The Labute approximate surface area is 90.9 Å². The number of nitrogens with one attached hydrogen (secondary N) is 1. The van der Waals surface area contributed by atoms with Crippen LogP contribution < -0.4 is 11.1 Å². The summed E-state index contributed by atoms with van der Waals surface area (Å²) < 4.78 is 0. The first-order valence-electron chi connectivity index (χ1n) is 4.48. The fourth-order valence-electron chi connectivity index (χ4n) is 1.51. The second-order valence-electron chi connectivity index (χ2n) is 3.24. The Bertz CT molecular complexity index is 386. The first-order valence-corrected chi connectivity index (χ1v) is 5.36. The minimum absolute atomic E-state index is 0.0574. The predicted molar refractivity (Wildman–Crippen MR) is 57.6 cm³/mol. The molecule has 0 bridgehead atoms. The summed E-state index contributed by atoms with van der Waals surface area (Å²) in [6.45, 7) is 0.105. The van der Waals surface area contributed by atoms with Crippen molar-refractivity contribution in [3.8, 4) is 5.75 Å². The summed E-state index contributed by atoms with van der Waals surface area (Å²) in [5, 5.41) is 31.3. The van der Waals surface area contributed by atoms with E-state index in [1.807, 2.05) is 0 Å². The third-order valence-electron chi connectivity index (χ3n) is 2.25. The van der Waals surface area contributed by atoms with Gasteiger partial charge in [-0.1, -0.05) is 17.8 Å². The van der Waals surface area contributed by atoms with Gasteiger partial charge in [0.1, 0.15) is 5.75 Å². The zero-order chi connectivity index (χ0) is 11.0. The first-order chi connectivity index (χ1) is 7.13. The number of hydrogen-bond acceptors (Lipinski definition) is 6. The quantitative estimate of drug-likeness (QED) is 0.463. The first kappa shape index (κ1) is 10.6. The largest absolute Gasteiger partial charge is 0.506 e. The lowest BCUT2D eigenvalue weighted by molar-refractivity contribution is 0.184. The lowest BCUT2D eigenvalue weighted by Crippen LogP contribution is -2.12. The van der Waals surface area contributed by atoms with Gasteiger partial charge in [0.25, 0.3) is 0 Å². The molecule has 0 fully saturated rings. The summed E-state index contributed by atoms with van der Waals surface area (Å²) in [6, 6.07) is 3.08. The number of thioether (sulfide) groups is 1. The highest BCUT2D eigenvalue weighted by molar-refractivity contribution is 8.00. The summed E-state index contributed by atoms with van der Waals surface area (Å²) in [5.41, 5.74) is 5.65. The monoisotopic (exact) mass is 228 g/mol. The van der Waals surface area contributed by atoms with Crippen LogP contribution in [0.15, 0.2) is 17.0 Å². The number of benzene rings is 1. The molecular weight excluding hydrogens is 216 g/mol. The van der Waals surface area contributed by atoms with Gasteiger partial charge in [-0.2, -0.15) is 0 Å². The molecule has 0 amide bonds. The summed E-state index contributed by atoms with van der Waals surface area (Å²) in [4.78, 5) is 0.653. The van der Waals surface area contributed by atoms with Crippen LogP contribution in [0.3, 0.4) is 0 Å². The second kappa shape index (κ2) is 3.90.